The molecule has 122 valence electrons. The van der Waals surface area contributed by atoms with Crippen LogP contribution in [0.3, 0.4) is 0 Å². The van der Waals surface area contributed by atoms with E-state index in [2.05, 4.69) is 11.4 Å². The summed E-state index contributed by atoms with van der Waals surface area (Å²) in [6, 6.07) is 5.43. The van der Waals surface area contributed by atoms with Crippen LogP contribution < -0.4 is 11.1 Å². The maximum atomic E-state index is 12.9. The van der Waals surface area contributed by atoms with E-state index in [-0.39, 0.29) is 11.3 Å². The molecule has 6 nitrogen and oxygen atoms in total. The molecule has 0 radical (unpaired) electrons. The molecule has 1 aromatic carbocycles. The standard InChI is InChI=1S/C16H18FN3O3/c17-11-4-5-12(13(19)8-11)15(22)23-9-14(21)20-16(10-18)6-2-1-3-7-16/h4-5,8H,1-3,6-7,9,19H2,(H,20,21). The monoisotopic (exact) mass is 319 g/mol. The lowest BCUT2D eigenvalue weighted by molar-refractivity contribution is -0.125. The lowest BCUT2D eigenvalue weighted by Crippen LogP contribution is -2.50. The molecule has 0 aliphatic heterocycles. The molecule has 1 fully saturated rings. The van der Waals surface area contributed by atoms with E-state index in [0.717, 1.165) is 31.4 Å². The van der Waals surface area contributed by atoms with Crippen molar-refractivity contribution in [2.45, 2.75) is 37.6 Å². The molecular weight excluding hydrogens is 301 g/mol. The van der Waals surface area contributed by atoms with Crippen molar-refractivity contribution in [2.75, 3.05) is 12.3 Å². The van der Waals surface area contributed by atoms with Gasteiger partial charge in [0.1, 0.15) is 11.4 Å². The summed E-state index contributed by atoms with van der Waals surface area (Å²) in [5, 5.41) is 11.9. The molecule has 0 aromatic heterocycles. The van der Waals surface area contributed by atoms with Gasteiger partial charge in [-0.2, -0.15) is 5.26 Å². The van der Waals surface area contributed by atoms with Crippen LogP contribution in [0.25, 0.3) is 0 Å². The van der Waals surface area contributed by atoms with Crippen molar-refractivity contribution in [3.8, 4) is 6.07 Å². The lowest BCUT2D eigenvalue weighted by Gasteiger charge is -2.31. The fourth-order valence-corrected chi connectivity index (χ4v) is 2.65. The van der Waals surface area contributed by atoms with Gasteiger partial charge in [-0.1, -0.05) is 19.3 Å². The SMILES string of the molecule is N#CC1(NC(=O)COC(=O)c2ccc(F)cc2N)CCCCC1. The first-order valence-corrected chi connectivity index (χ1v) is 7.40. The predicted octanol–water partition coefficient (Wildman–Crippen LogP) is 1.91. The minimum atomic E-state index is -0.878. The summed E-state index contributed by atoms with van der Waals surface area (Å²) in [5.74, 6) is -1.92. The normalized spacial score (nSPS) is 16.2. The van der Waals surface area contributed by atoms with Gasteiger partial charge in [0.25, 0.3) is 5.91 Å². The maximum Gasteiger partial charge on any atom is 0.340 e. The third-order valence-electron chi connectivity index (χ3n) is 3.87. The zero-order chi connectivity index (χ0) is 16.9. The van der Waals surface area contributed by atoms with E-state index in [1.54, 1.807) is 0 Å². The number of anilines is 1. The molecule has 1 saturated carbocycles. The minimum Gasteiger partial charge on any atom is -0.452 e. The Labute approximate surface area is 133 Å². The number of benzene rings is 1. The van der Waals surface area contributed by atoms with Crippen LogP contribution >= 0.6 is 0 Å². The first-order chi connectivity index (χ1) is 11.0. The van der Waals surface area contributed by atoms with E-state index >= 15 is 0 Å². The highest BCUT2D eigenvalue weighted by Crippen LogP contribution is 2.27. The first kappa shape index (κ1) is 16.7. The molecule has 23 heavy (non-hydrogen) atoms. The Bertz CT molecular complexity index is 648. The Morgan fingerprint density at radius 3 is 2.65 bits per heavy atom. The number of nitrogens with two attached hydrogens (primary N) is 1. The van der Waals surface area contributed by atoms with Gasteiger partial charge in [0.2, 0.25) is 0 Å². The molecule has 1 amide bonds. The van der Waals surface area contributed by atoms with Crippen molar-refractivity contribution >= 4 is 17.6 Å². The summed E-state index contributed by atoms with van der Waals surface area (Å²) in [4.78, 5) is 23.8. The molecule has 3 N–H and O–H groups in total. The van der Waals surface area contributed by atoms with Crippen molar-refractivity contribution in [1.82, 2.24) is 5.32 Å². The van der Waals surface area contributed by atoms with Gasteiger partial charge in [0.05, 0.1) is 11.6 Å². The lowest BCUT2D eigenvalue weighted by atomic mass is 9.83. The van der Waals surface area contributed by atoms with Crippen molar-refractivity contribution < 1.29 is 18.7 Å². The fourth-order valence-electron chi connectivity index (χ4n) is 2.65. The van der Waals surface area contributed by atoms with Crippen LogP contribution in [0, 0.1) is 17.1 Å². The molecule has 7 heteroatoms. The Morgan fingerprint density at radius 2 is 2.04 bits per heavy atom. The van der Waals surface area contributed by atoms with Crippen molar-refractivity contribution in [2.24, 2.45) is 0 Å². The predicted molar refractivity (Wildman–Crippen MR) is 80.7 cm³/mol. The van der Waals surface area contributed by atoms with Gasteiger partial charge in [0, 0.05) is 5.69 Å². The smallest absolute Gasteiger partial charge is 0.340 e. The molecule has 2 rings (SSSR count). The fraction of sp³-hybridized carbons (Fsp3) is 0.438. The van der Waals surface area contributed by atoms with Gasteiger partial charge in [0.15, 0.2) is 6.61 Å². The number of hydrogen-bond donors (Lipinski definition) is 2. The van der Waals surface area contributed by atoms with Crippen LogP contribution in [0.1, 0.15) is 42.5 Å². The average molecular weight is 319 g/mol. The second-order valence-electron chi connectivity index (χ2n) is 5.61. The molecule has 0 spiro atoms. The highest BCUT2D eigenvalue weighted by atomic mass is 19.1. The Kier molecular flexibility index (Phi) is 5.16. The number of nitriles is 1. The average Bonchev–Trinajstić information content (AvgIpc) is 2.53. The zero-order valence-corrected chi connectivity index (χ0v) is 12.6. The quantitative estimate of drug-likeness (QED) is 0.651. The van der Waals surface area contributed by atoms with E-state index < -0.39 is 29.8 Å². The summed E-state index contributed by atoms with van der Waals surface area (Å²) in [6.07, 6.45) is 3.97. The van der Waals surface area contributed by atoms with Gasteiger partial charge in [-0.3, -0.25) is 4.79 Å². The summed E-state index contributed by atoms with van der Waals surface area (Å²) >= 11 is 0. The molecule has 0 heterocycles. The summed E-state index contributed by atoms with van der Waals surface area (Å²) in [5.41, 5.74) is 4.59. The third kappa shape index (κ3) is 4.19. The van der Waals surface area contributed by atoms with E-state index in [4.69, 9.17) is 10.5 Å². The number of carbonyl (C=O) groups excluding carboxylic acids is 2. The largest absolute Gasteiger partial charge is 0.452 e. The minimum absolute atomic E-state index is 0.00753. The molecule has 0 bridgehead atoms. The molecule has 0 unspecified atom stereocenters. The number of esters is 1. The number of nitrogens with one attached hydrogen (secondary N) is 1. The van der Waals surface area contributed by atoms with Crippen molar-refractivity contribution in [1.29, 1.82) is 5.26 Å². The zero-order valence-electron chi connectivity index (χ0n) is 12.6. The maximum absolute atomic E-state index is 12.9. The van der Waals surface area contributed by atoms with Crippen molar-refractivity contribution in [3.05, 3.63) is 29.6 Å². The number of amides is 1. The second-order valence-corrected chi connectivity index (χ2v) is 5.61. The number of nitrogen functional groups attached to an aromatic ring is 1. The Balaban J connectivity index is 1.91. The van der Waals surface area contributed by atoms with Crippen LogP contribution in [-0.4, -0.2) is 24.0 Å². The number of ether oxygens (including phenoxy) is 1. The summed E-state index contributed by atoms with van der Waals surface area (Å²) < 4.78 is 17.8. The summed E-state index contributed by atoms with van der Waals surface area (Å²) in [6.45, 7) is -0.515. The van der Waals surface area contributed by atoms with E-state index in [1.165, 1.54) is 6.07 Å². The van der Waals surface area contributed by atoms with Crippen LogP contribution in [0.4, 0.5) is 10.1 Å². The molecule has 0 atom stereocenters. The number of carbonyl (C=O) groups is 2. The Morgan fingerprint density at radius 1 is 1.35 bits per heavy atom. The van der Waals surface area contributed by atoms with E-state index in [9.17, 15) is 19.2 Å². The highest BCUT2D eigenvalue weighted by Gasteiger charge is 2.33. The number of halogens is 1. The topological polar surface area (TPSA) is 105 Å². The van der Waals surface area contributed by atoms with Gasteiger partial charge >= 0.3 is 5.97 Å². The van der Waals surface area contributed by atoms with E-state index in [1.807, 2.05) is 0 Å². The van der Waals surface area contributed by atoms with Crippen molar-refractivity contribution in [3.63, 3.8) is 0 Å². The molecular formula is C16H18FN3O3. The molecule has 0 saturated heterocycles. The summed E-state index contributed by atoms with van der Waals surface area (Å²) in [7, 11) is 0. The van der Waals surface area contributed by atoms with Gasteiger partial charge in [-0.15, -0.1) is 0 Å². The number of nitrogens with zero attached hydrogens (tertiary/aromatic N) is 1. The van der Waals surface area contributed by atoms with Crippen LogP contribution in [-0.2, 0) is 9.53 Å². The number of hydrogen-bond acceptors (Lipinski definition) is 5. The van der Waals surface area contributed by atoms with Gasteiger partial charge in [-0.05, 0) is 31.0 Å². The van der Waals surface area contributed by atoms with E-state index in [0.29, 0.717) is 12.8 Å². The molecule has 1 aromatic rings. The van der Waals surface area contributed by atoms with Crippen LogP contribution in [0.2, 0.25) is 0 Å². The van der Waals surface area contributed by atoms with Crippen LogP contribution in [0.5, 0.6) is 0 Å². The van der Waals surface area contributed by atoms with Gasteiger partial charge < -0.3 is 15.8 Å². The highest BCUT2D eigenvalue weighted by molar-refractivity contribution is 5.96. The van der Waals surface area contributed by atoms with Gasteiger partial charge in [-0.25, -0.2) is 9.18 Å². The Hall–Kier alpha value is -2.62. The van der Waals surface area contributed by atoms with Crippen LogP contribution in [0.15, 0.2) is 18.2 Å². The molecule has 1 aliphatic carbocycles. The first-order valence-electron chi connectivity index (χ1n) is 7.40. The number of rotatable bonds is 4. The third-order valence-corrected chi connectivity index (χ3v) is 3.87. The molecule has 1 aliphatic rings. The second kappa shape index (κ2) is 7.09.